The highest BCUT2D eigenvalue weighted by Crippen LogP contribution is 2.13. The first-order valence-electron chi connectivity index (χ1n) is 6.26. The number of hydrogen-bond acceptors (Lipinski definition) is 4. The molecule has 0 radical (unpaired) electrons. The van der Waals surface area contributed by atoms with Gasteiger partial charge in [-0.05, 0) is 18.9 Å². The van der Waals surface area contributed by atoms with Crippen LogP contribution in [0.1, 0.15) is 29.8 Å². The van der Waals surface area contributed by atoms with E-state index in [0.717, 1.165) is 12.0 Å². The van der Waals surface area contributed by atoms with Gasteiger partial charge in [-0.2, -0.15) is 0 Å². The number of hydrogen-bond donors (Lipinski definition) is 0. The Morgan fingerprint density at radius 3 is 2.32 bits per heavy atom. The molecule has 0 aliphatic rings. The van der Waals surface area contributed by atoms with E-state index in [0.29, 0.717) is 5.56 Å². The molecular formula is C14H20O4S. The monoisotopic (exact) mass is 284 g/mol. The van der Waals surface area contributed by atoms with Gasteiger partial charge in [0.1, 0.15) is 5.25 Å². The lowest BCUT2D eigenvalue weighted by atomic mass is 10.1. The van der Waals surface area contributed by atoms with Crippen LogP contribution in [-0.2, 0) is 21.0 Å². The van der Waals surface area contributed by atoms with E-state index < -0.39 is 15.1 Å². The lowest BCUT2D eigenvalue weighted by molar-refractivity contribution is 0.0991. The minimum atomic E-state index is -3.46. The zero-order valence-electron chi connectivity index (χ0n) is 11.5. The van der Waals surface area contributed by atoms with Crippen molar-refractivity contribution < 1.29 is 17.9 Å². The summed E-state index contributed by atoms with van der Waals surface area (Å²) in [6.07, 6.45) is 0.885. The van der Waals surface area contributed by atoms with Gasteiger partial charge in [0.2, 0.25) is 0 Å². The van der Waals surface area contributed by atoms with E-state index in [1.54, 1.807) is 12.1 Å². The first kappa shape index (κ1) is 15.9. The van der Waals surface area contributed by atoms with Gasteiger partial charge in [-0.3, -0.25) is 4.79 Å². The summed E-state index contributed by atoms with van der Waals surface area (Å²) in [5, 5.41) is -1.03. The lowest BCUT2D eigenvalue weighted by Crippen LogP contribution is -2.30. The van der Waals surface area contributed by atoms with Gasteiger partial charge in [-0.1, -0.05) is 31.2 Å². The summed E-state index contributed by atoms with van der Waals surface area (Å²) in [7, 11) is -2.02. The minimum Gasteiger partial charge on any atom is -0.384 e. The normalized spacial score (nSPS) is 13.2. The largest absolute Gasteiger partial charge is 0.384 e. The third-order valence-electron chi connectivity index (χ3n) is 3.13. The molecule has 0 aliphatic carbocycles. The van der Waals surface area contributed by atoms with Crippen LogP contribution in [0, 0.1) is 0 Å². The highest BCUT2D eigenvalue weighted by atomic mass is 32.2. The van der Waals surface area contributed by atoms with E-state index in [4.69, 9.17) is 4.74 Å². The first-order valence-corrected chi connectivity index (χ1v) is 7.97. The number of Topliss-reactive ketones (excluding diaryl/α,β-unsaturated/α-hetero) is 1. The molecule has 19 heavy (non-hydrogen) atoms. The maximum Gasteiger partial charge on any atom is 0.180 e. The molecule has 4 nitrogen and oxygen atoms in total. The van der Waals surface area contributed by atoms with Gasteiger partial charge in [-0.15, -0.1) is 0 Å². The summed E-state index contributed by atoms with van der Waals surface area (Å²) < 4.78 is 28.6. The number of ketones is 1. The molecule has 0 aliphatic heterocycles. The highest BCUT2D eigenvalue weighted by molar-refractivity contribution is 7.92. The van der Waals surface area contributed by atoms with E-state index in [-0.39, 0.29) is 18.1 Å². The van der Waals surface area contributed by atoms with Gasteiger partial charge in [0.05, 0.1) is 12.4 Å². The average Bonchev–Trinajstić information content (AvgIpc) is 2.43. The van der Waals surface area contributed by atoms with Gasteiger partial charge in [0, 0.05) is 12.7 Å². The zero-order chi connectivity index (χ0) is 14.5. The van der Waals surface area contributed by atoms with Crippen molar-refractivity contribution in [1.29, 1.82) is 0 Å². The van der Waals surface area contributed by atoms with Crippen molar-refractivity contribution in [1.82, 2.24) is 0 Å². The maximum absolute atomic E-state index is 12.1. The third kappa shape index (κ3) is 4.14. The molecule has 5 heteroatoms. The minimum absolute atomic E-state index is 0.106. The number of methoxy groups -OCH3 is 1. The number of carbonyl (C=O) groups is 1. The molecule has 0 heterocycles. The molecule has 1 aromatic carbocycles. The van der Waals surface area contributed by atoms with Crippen LogP contribution in [0.15, 0.2) is 24.3 Å². The fourth-order valence-electron chi connectivity index (χ4n) is 1.68. The summed E-state index contributed by atoms with van der Waals surface area (Å²) in [5.74, 6) is -0.498. The fourth-order valence-corrected chi connectivity index (χ4v) is 2.89. The van der Waals surface area contributed by atoms with E-state index in [9.17, 15) is 13.2 Å². The van der Waals surface area contributed by atoms with Crippen LogP contribution in [0.2, 0.25) is 0 Å². The molecule has 106 valence electrons. The van der Waals surface area contributed by atoms with Crippen LogP contribution in [0.5, 0.6) is 0 Å². The van der Waals surface area contributed by atoms with Crippen molar-refractivity contribution in [2.75, 3.05) is 19.5 Å². The van der Waals surface area contributed by atoms with Crippen molar-refractivity contribution in [3.8, 4) is 0 Å². The predicted molar refractivity (Wildman–Crippen MR) is 75.3 cm³/mol. The van der Waals surface area contributed by atoms with E-state index >= 15 is 0 Å². The topological polar surface area (TPSA) is 60.4 Å². The smallest absolute Gasteiger partial charge is 0.180 e. The van der Waals surface area contributed by atoms with Crippen LogP contribution < -0.4 is 0 Å². The third-order valence-corrected chi connectivity index (χ3v) is 5.15. The van der Waals surface area contributed by atoms with Crippen LogP contribution in [-0.4, -0.2) is 38.9 Å². The van der Waals surface area contributed by atoms with Crippen molar-refractivity contribution >= 4 is 15.6 Å². The molecule has 0 saturated heterocycles. The molecule has 0 bridgehead atoms. The second kappa shape index (κ2) is 6.82. The van der Waals surface area contributed by atoms with Gasteiger partial charge in [-0.25, -0.2) is 8.42 Å². The molecule has 0 N–H and O–H groups in total. The van der Waals surface area contributed by atoms with E-state index in [1.165, 1.54) is 14.0 Å². The van der Waals surface area contributed by atoms with Crippen molar-refractivity contribution in [2.24, 2.45) is 0 Å². The summed E-state index contributed by atoms with van der Waals surface area (Å²) in [5.41, 5.74) is 1.55. The molecule has 0 fully saturated rings. The summed E-state index contributed by atoms with van der Waals surface area (Å²) in [4.78, 5) is 12.1. The Morgan fingerprint density at radius 2 is 1.84 bits per heavy atom. The van der Waals surface area contributed by atoms with Crippen molar-refractivity contribution in [3.05, 3.63) is 35.4 Å². The summed E-state index contributed by atoms with van der Waals surface area (Å²) >= 11 is 0. The Bertz CT molecular complexity index is 517. The number of sulfone groups is 1. The second-order valence-corrected chi connectivity index (χ2v) is 6.86. The number of ether oxygens (including phenoxy) is 1. The summed E-state index contributed by atoms with van der Waals surface area (Å²) in [6.45, 7) is 3.56. The average molecular weight is 284 g/mol. The van der Waals surface area contributed by atoms with Crippen LogP contribution in [0.25, 0.3) is 0 Å². The van der Waals surface area contributed by atoms with Gasteiger partial charge < -0.3 is 4.74 Å². The molecule has 0 aromatic heterocycles. The number of aryl methyl sites for hydroxylation is 1. The highest BCUT2D eigenvalue weighted by Gasteiger charge is 2.28. The fraction of sp³-hybridized carbons (Fsp3) is 0.500. The molecule has 1 unspecified atom stereocenters. The molecular weight excluding hydrogens is 264 g/mol. The standard InChI is InChI=1S/C14H20O4S/c1-4-12-5-7-13(8-6-12)14(15)11(2)19(16,17)10-9-18-3/h5-8,11H,4,9-10H2,1-3H3. The SMILES string of the molecule is CCc1ccc(C(=O)C(C)S(=O)(=O)CCOC)cc1. The number of carbonyl (C=O) groups excluding carboxylic acids is 1. The Labute approximate surface area is 114 Å². The Hall–Kier alpha value is -1.20. The quantitative estimate of drug-likeness (QED) is 0.717. The number of rotatable bonds is 7. The van der Waals surface area contributed by atoms with Gasteiger partial charge >= 0.3 is 0 Å². The van der Waals surface area contributed by atoms with Gasteiger partial charge in [0.15, 0.2) is 15.6 Å². The van der Waals surface area contributed by atoms with Gasteiger partial charge in [0.25, 0.3) is 0 Å². The molecule has 1 rings (SSSR count). The zero-order valence-corrected chi connectivity index (χ0v) is 12.4. The van der Waals surface area contributed by atoms with E-state index in [1.807, 2.05) is 19.1 Å². The van der Waals surface area contributed by atoms with E-state index in [2.05, 4.69) is 0 Å². The lowest BCUT2D eigenvalue weighted by Gasteiger charge is -2.12. The van der Waals surface area contributed by atoms with Crippen molar-refractivity contribution in [2.45, 2.75) is 25.5 Å². The Balaban J connectivity index is 2.86. The Morgan fingerprint density at radius 1 is 1.26 bits per heavy atom. The molecule has 1 atom stereocenters. The summed E-state index contributed by atoms with van der Waals surface area (Å²) in [6, 6.07) is 7.07. The molecule has 0 amide bonds. The maximum atomic E-state index is 12.1. The Kier molecular flexibility index (Phi) is 5.69. The first-order chi connectivity index (χ1) is 8.92. The van der Waals surface area contributed by atoms with Crippen molar-refractivity contribution in [3.63, 3.8) is 0 Å². The molecule has 0 spiro atoms. The predicted octanol–water partition coefficient (Wildman–Crippen LogP) is 1.88. The van der Waals surface area contributed by atoms with Crippen LogP contribution in [0.3, 0.4) is 0 Å². The molecule has 0 saturated carbocycles. The van der Waals surface area contributed by atoms with Crippen LogP contribution in [0.4, 0.5) is 0 Å². The molecule has 1 aromatic rings. The second-order valence-electron chi connectivity index (χ2n) is 4.42. The number of benzene rings is 1. The van der Waals surface area contributed by atoms with Crippen LogP contribution >= 0.6 is 0 Å².